The molecule has 0 fully saturated rings. The van der Waals surface area contributed by atoms with Crippen molar-refractivity contribution < 1.29 is 18.9 Å². The lowest BCUT2D eigenvalue weighted by molar-refractivity contribution is -0.730. The molecule has 7 heteroatoms. The molecule has 0 radical (unpaired) electrons. The Morgan fingerprint density at radius 2 is 2.11 bits per heavy atom. The molecule has 0 bridgehead atoms. The van der Waals surface area contributed by atoms with Crippen LogP contribution < -0.4 is 0 Å². The summed E-state index contributed by atoms with van der Waals surface area (Å²) in [5, 5.41) is 12.7. The van der Waals surface area contributed by atoms with Crippen molar-refractivity contribution in [1.82, 2.24) is 9.78 Å². The van der Waals surface area contributed by atoms with Gasteiger partial charge in [0.15, 0.2) is 11.6 Å². The van der Waals surface area contributed by atoms with Crippen LogP contribution in [0.2, 0.25) is 0 Å². The van der Waals surface area contributed by atoms with Crippen LogP contribution in [-0.2, 0) is 6.54 Å². The first-order chi connectivity index (χ1) is 8.49. The summed E-state index contributed by atoms with van der Waals surface area (Å²) in [6, 6.07) is 3.51. The summed E-state index contributed by atoms with van der Waals surface area (Å²) in [4.78, 5) is 10.5. The van der Waals surface area contributed by atoms with Gasteiger partial charge in [0.2, 0.25) is 0 Å². The van der Waals surface area contributed by atoms with Crippen molar-refractivity contribution in [3.63, 3.8) is 0 Å². The summed E-state index contributed by atoms with van der Waals surface area (Å²) in [5.41, 5.74) is 0.942. The first-order valence-electron chi connectivity index (χ1n) is 5.11. The second-order valence-corrected chi connectivity index (χ2v) is 3.79. The zero-order chi connectivity index (χ0) is 13.3. The lowest BCUT2D eigenvalue weighted by atomic mass is 10.2. The quantitative estimate of drug-likeness (QED) is 0.855. The number of nitrogens with zero attached hydrogens (tertiary/aromatic N) is 3. The van der Waals surface area contributed by atoms with Crippen LogP contribution in [0.15, 0.2) is 24.4 Å². The molecule has 0 aliphatic heterocycles. The fraction of sp³-hybridized carbons (Fsp3) is 0.182. The van der Waals surface area contributed by atoms with E-state index in [1.54, 1.807) is 6.92 Å². The van der Waals surface area contributed by atoms with Crippen LogP contribution in [-0.4, -0.2) is 19.9 Å². The highest BCUT2D eigenvalue weighted by atomic mass is 19.2. The largest absolute Gasteiger partial charge is 0.356 e. The van der Waals surface area contributed by atoms with Gasteiger partial charge in [-0.2, -0.15) is 5.10 Å². The van der Waals surface area contributed by atoms with E-state index in [9.17, 15) is 13.7 Å². The predicted molar refractivity (Wildman–Crippen MR) is 57.5 cm³/mol. The van der Waals surface area contributed by atoms with Gasteiger partial charge >= 0.3 is 5.69 Å². The second kappa shape index (κ2) is 4.52. The molecule has 0 saturated carbocycles. The molecule has 2 rings (SSSR count). The predicted octanol–water partition coefficient (Wildman–Crippen LogP) is 2.32. The van der Waals surface area contributed by atoms with Crippen LogP contribution in [0, 0.1) is 23.5 Å². The normalized spacial score (nSPS) is 10.6. The molecule has 0 unspecified atom stereocenters. The SMILES string of the molecule is Cc1c([N+](=O)O)cnn1Cc1ccc(F)c(F)c1. The minimum absolute atomic E-state index is 0.0117. The molecule has 0 atom stereocenters. The van der Waals surface area contributed by atoms with Gasteiger partial charge in [0, 0.05) is 0 Å². The van der Waals surface area contributed by atoms with Gasteiger partial charge < -0.3 is 0 Å². The van der Waals surface area contributed by atoms with E-state index < -0.39 is 11.6 Å². The van der Waals surface area contributed by atoms with Crippen LogP contribution in [0.5, 0.6) is 0 Å². The van der Waals surface area contributed by atoms with Gasteiger partial charge in [-0.1, -0.05) is 6.07 Å². The Kier molecular flexibility index (Phi) is 3.05. The number of halogens is 2. The Balaban J connectivity index is 2.29. The van der Waals surface area contributed by atoms with Crippen LogP contribution in [0.4, 0.5) is 14.5 Å². The Hall–Kier alpha value is -2.31. The highest BCUT2D eigenvalue weighted by molar-refractivity contribution is 5.31. The number of rotatable bonds is 3. The average molecular weight is 254 g/mol. The molecule has 1 aromatic heterocycles. The van der Waals surface area contributed by atoms with Gasteiger partial charge in [0.05, 0.1) is 11.5 Å². The maximum atomic E-state index is 13.0. The molecule has 1 N–H and O–H groups in total. The van der Waals surface area contributed by atoms with Gasteiger partial charge in [-0.05, 0) is 24.6 Å². The molecule has 18 heavy (non-hydrogen) atoms. The van der Waals surface area contributed by atoms with E-state index in [0.717, 1.165) is 12.1 Å². The summed E-state index contributed by atoms with van der Waals surface area (Å²) < 4.78 is 27.2. The minimum Gasteiger partial charge on any atom is -0.258 e. The Bertz CT molecular complexity index is 610. The summed E-state index contributed by atoms with van der Waals surface area (Å²) in [6.07, 6.45) is 1.20. The molecule has 1 aromatic carbocycles. The number of aromatic nitrogens is 2. The number of hydrogen-bond donors (Lipinski definition) is 1. The molecule has 2 aromatic rings. The Morgan fingerprint density at radius 1 is 1.39 bits per heavy atom. The highest BCUT2D eigenvalue weighted by Crippen LogP contribution is 2.17. The Morgan fingerprint density at radius 3 is 2.67 bits per heavy atom. The molecule has 94 valence electrons. The van der Waals surface area contributed by atoms with E-state index in [-0.39, 0.29) is 17.2 Å². The van der Waals surface area contributed by atoms with E-state index >= 15 is 0 Å². The van der Waals surface area contributed by atoms with Crippen molar-refractivity contribution in [2.24, 2.45) is 0 Å². The van der Waals surface area contributed by atoms with E-state index in [2.05, 4.69) is 5.10 Å². The van der Waals surface area contributed by atoms with Gasteiger partial charge in [-0.25, -0.2) is 14.0 Å². The van der Waals surface area contributed by atoms with Gasteiger partial charge in [-0.15, -0.1) is 0 Å². The molecule has 5 nitrogen and oxygen atoms in total. The fourth-order valence-electron chi connectivity index (χ4n) is 1.59. The van der Waals surface area contributed by atoms with Gasteiger partial charge in [0.25, 0.3) is 4.92 Å². The molecule has 0 aliphatic rings. The molecule has 0 aliphatic carbocycles. The third kappa shape index (κ3) is 2.20. The number of benzene rings is 1. The Labute approximate surface area is 101 Å². The topological polar surface area (TPSA) is 58.1 Å². The van der Waals surface area contributed by atoms with Crippen molar-refractivity contribution in [3.8, 4) is 0 Å². The van der Waals surface area contributed by atoms with Crippen molar-refractivity contribution in [3.05, 3.63) is 52.2 Å². The van der Waals surface area contributed by atoms with E-state index in [4.69, 9.17) is 5.21 Å². The fourth-order valence-corrected chi connectivity index (χ4v) is 1.59. The van der Waals surface area contributed by atoms with Gasteiger partial charge in [0.1, 0.15) is 11.9 Å². The van der Waals surface area contributed by atoms with Gasteiger partial charge in [-0.3, -0.25) is 4.68 Å². The smallest absolute Gasteiger partial charge is 0.258 e. The molecule has 0 saturated heterocycles. The lowest BCUT2D eigenvalue weighted by Crippen LogP contribution is -2.05. The molecule has 0 spiro atoms. The third-order valence-corrected chi connectivity index (χ3v) is 2.60. The lowest BCUT2D eigenvalue weighted by Gasteiger charge is -2.04. The molecular formula is C11H10F2N3O2+. The minimum atomic E-state index is -0.940. The molecule has 1 heterocycles. The summed E-state index contributed by atoms with van der Waals surface area (Å²) in [7, 11) is 0. The zero-order valence-corrected chi connectivity index (χ0v) is 9.47. The first kappa shape index (κ1) is 12.2. The van der Waals surface area contributed by atoms with Crippen molar-refractivity contribution in [2.75, 3.05) is 0 Å². The summed E-state index contributed by atoms with van der Waals surface area (Å²) in [5.74, 6) is -1.86. The monoisotopic (exact) mass is 254 g/mol. The standard InChI is InChI=1S/C11H10F2N3O2/c1-7-11(16(17)18)5-14-15(7)6-8-2-3-9(12)10(13)4-8/h2-5H,6H2,1H3,(H,17,18)/q+1. The summed E-state index contributed by atoms with van der Waals surface area (Å²) >= 11 is 0. The number of hydrogen-bond acceptors (Lipinski definition) is 2. The molecular weight excluding hydrogens is 244 g/mol. The third-order valence-electron chi connectivity index (χ3n) is 2.60. The van der Waals surface area contributed by atoms with E-state index in [1.165, 1.54) is 16.9 Å². The first-order valence-corrected chi connectivity index (χ1v) is 5.11. The van der Waals surface area contributed by atoms with Crippen LogP contribution in [0.1, 0.15) is 11.3 Å². The highest BCUT2D eigenvalue weighted by Gasteiger charge is 2.21. The maximum absolute atomic E-state index is 13.0. The molecule has 0 amide bonds. The van der Waals surface area contributed by atoms with E-state index in [1.807, 2.05) is 0 Å². The van der Waals surface area contributed by atoms with Crippen LogP contribution in [0.25, 0.3) is 0 Å². The van der Waals surface area contributed by atoms with E-state index in [0.29, 0.717) is 11.3 Å². The van der Waals surface area contributed by atoms with Crippen molar-refractivity contribution in [2.45, 2.75) is 13.5 Å². The zero-order valence-electron chi connectivity index (χ0n) is 9.47. The van der Waals surface area contributed by atoms with Crippen LogP contribution >= 0.6 is 0 Å². The summed E-state index contributed by atoms with van der Waals surface area (Å²) in [6.45, 7) is 1.76. The van der Waals surface area contributed by atoms with Crippen molar-refractivity contribution in [1.29, 1.82) is 0 Å². The maximum Gasteiger partial charge on any atom is 0.356 e. The van der Waals surface area contributed by atoms with Crippen molar-refractivity contribution >= 4 is 5.69 Å². The average Bonchev–Trinajstić information content (AvgIpc) is 2.66. The second-order valence-electron chi connectivity index (χ2n) is 3.79. The van der Waals surface area contributed by atoms with Crippen LogP contribution in [0.3, 0.4) is 0 Å².